The van der Waals surface area contributed by atoms with Gasteiger partial charge in [0, 0.05) is 0 Å². The van der Waals surface area contributed by atoms with Crippen LogP contribution in [0.2, 0.25) is 0 Å². The number of benzene rings is 1. The monoisotopic (exact) mass is 254 g/mol. The number of ether oxygens (including phenoxy) is 1. The van der Waals surface area contributed by atoms with E-state index in [4.69, 9.17) is 10.2 Å². The zero-order valence-electron chi connectivity index (χ0n) is 10.5. The molecule has 0 aliphatic carbocycles. The molecule has 1 rings (SSSR count). The number of aliphatic carboxylic acids is 1. The summed E-state index contributed by atoms with van der Waals surface area (Å²) in [6.07, 6.45) is 1.96. The predicted octanol–water partition coefficient (Wildman–Crippen LogP) is 2.58. The van der Waals surface area contributed by atoms with Crippen LogP contribution in [0.3, 0.4) is 0 Å². The third-order valence-electron chi connectivity index (χ3n) is 1.86. The van der Waals surface area contributed by atoms with Crippen LogP contribution in [0.25, 0.3) is 0 Å². The van der Waals surface area contributed by atoms with Crippen molar-refractivity contribution in [1.82, 2.24) is 0 Å². The molecule has 0 spiro atoms. The second kappa shape index (κ2) is 9.04. The smallest absolute Gasteiger partial charge is 0.322 e. The summed E-state index contributed by atoms with van der Waals surface area (Å²) < 4.78 is 4.65. The molecule has 1 aromatic rings. The number of hydrogen-bond acceptors (Lipinski definition) is 4. The Kier molecular flexibility index (Phi) is 8.01. The molecule has 100 valence electrons. The first kappa shape index (κ1) is 16.0. The summed E-state index contributed by atoms with van der Waals surface area (Å²) in [4.78, 5) is 21.0. The topological polar surface area (TPSA) is 83.8 Å². The molecule has 0 bridgehead atoms. The Morgan fingerprint density at radius 2 is 1.61 bits per heavy atom. The molecule has 0 saturated heterocycles. The van der Waals surface area contributed by atoms with Crippen molar-refractivity contribution in [2.45, 2.75) is 33.1 Å². The molecule has 0 radical (unpaired) electrons. The highest BCUT2D eigenvalue weighted by Gasteiger charge is 2.09. The average Bonchev–Trinajstić information content (AvgIpc) is 2.31. The minimum absolute atomic E-state index is 0.0445. The average molecular weight is 254 g/mol. The van der Waals surface area contributed by atoms with Gasteiger partial charge in [-0.2, -0.15) is 0 Å². The van der Waals surface area contributed by atoms with Gasteiger partial charge in [-0.25, -0.2) is 0 Å². The number of carbonyl (C=O) groups excluding carboxylic acids is 1. The third-order valence-corrected chi connectivity index (χ3v) is 1.86. The van der Waals surface area contributed by atoms with Gasteiger partial charge < -0.3 is 14.9 Å². The first-order valence-electron chi connectivity index (χ1n) is 5.71. The number of carbonyl (C=O) groups is 2. The van der Waals surface area contributed by atoms with Gasteiger partial charge in [-0.05, 0) is 24.3 Å². The number of phenols is 1. The number of esters is 1. The number of carboxylic acids is 1. The fourth-order valence-corrected chi connectivity index (χ4v) is 0.805. The van der Waals surface area contributed by atoms with Crippen LogP contribution < -0.4 is 4.74 Å². The molecule has 0 aromatic heterocycles. The molecule has 1 aromatic carbocycles. The van der Waals surface area contributed by atoms with Crippen LogP contribution in [-0.4, -0.2) is 22.2 Å². The van der Waals surface area contributed by atoms with Crippen molar-refractivity contribution in [1.29, 1.82) is 0 Å². The molecule has 0 aliphatic rings. The fraction of sp³-hybridized carbons (Fsp3) is 0.385. The van der Waals surface area contributed by atoms with Crippen molar-refractivity contribution in [2.75, 3.05) is 0 Å². The fourth-order valence-electron chi connectivity index (χ4n) is 0.805. The maximum atomic E-state index is 10.8. The van der Waals surface area contributed by atoms with Gasteiger partial charge in [0.15, 0.2) is 0 Å². The summed E-state index contributed by atoms with van der Waals surface area (Å²) in [6.45, 7) is 4.36. The van der Waals surface area contributed by atoms with Crippen LogP contribution in [0.1, 0.15) is 33.1 Å². The van der Waals surface area contributed by atoms with Crippen molar-refractivity contribution in [3.63, 3.8) is 0 Å². The first-order valence-corrected chi connectivity index (χ1v) is 5.71. The Morgan fingerprint density at radius 3 is 2.00 bits per heavy atom. The van der Waals surface area contributed by atoms with E-state index in [1.54, 1.807) is 0 Å². The van der Waals surface area contributed by atoms with Gasteiger partial charge in [0.2, 0.25) is 0 Å². The SMILES string of the molecule is CCCC.O=C(O)CC(=O)Oc1ccc(O)cc1. The van der Waals surface area contributed by atoms with Crippen LogP contribution >= 0.6 is 0 Å². The van der Waals surface area contributed by atoms with Gasteiger partial charge in [0.1, 0.15) is 17.9 Å². The Hall–Kier alpha value is -2.04. The van der Waals surface area contributed by atoms with E-state index in [9.17, 15) is 9.59 Å². The van der Waals surface area contributed by atoms with Crippen LogP contribution in [0.5, 0.6) is 11.5 Å². The number of unbranched alkanes of at least 4 members (excludes halogenated alkanes) is 1. The van der Waals surface area contributed by atoms with Gasteiger partial charge >= 0.3 is 11.9 Å². The highest BCUT2D eigenvalue weighted by molar-refractivity contribution is 5.91. The summed E-state index contributed by atoms with van der Waals surface area (Å²) in [5, 5.41) is 17.2. The van der Waals surface area contributed by atoms with Crippen LogP contribution in [0.4, 0.5) is 0 Å². The van der Waals surface area contributed by atoms with Crippen molar-refractivity contribution in [2.24, 2.45) is 0 Å². The molecular weight excluding hydrogens is 236 g/mol. The molecule has 0 atom stereocenters. The van der Waals surface area contributed by atoms with Gasteiger partial charge in [-0.15, -0.1) is 0 Å². The Bertz CT molecular complexity index is 367. The summed E-state index contributed by atoms with van der Waals surface area (Å²) in [7, 11) is 0. The van der Waals surface area contributed by atoms with E-state index in [0.29, 0.717) is 0 Å². The molecule has 5 nitrogen and oxygen atoms in total. The lowest BCUT2D eigenvalue weighted by Gasteiger charge is -2.01. The van der Waals surface area contributed by atoms with Gasteiger partial charge in [-0.3, -0.25) is 9.59 Å². The second-order valence-corrected chi connectivity index (χ2v) is 3.54. The van der Waals surface area contributed by atoms with E-state index >= 15 is 0 Å². The number of rotatable bonds is 4. The lowest BCUT2D eigenvalue weighted by Crippen LogP contribution is -2.12. The minimum Gasteiger partial charge on any atom is -0.508 e. The van der Waals surface area contributed by atoms with Crippen molar-refractivity contribution in [3.8, 4) is 11.5 Å². The molecule has 0 amide bonds. The van der Waals surface area contributed by atoms with E-state index in [2.05, 4.69) is 18.6 Å². The van der Waals surface area contributed by atoms with Crippen molar-refractivity contribution in [3.05, 3.63) is 24.3 Å². The van der Waals surface area contributed by atoms with Crippen molar-refractivity contribution < 1.29 is 24.5 Å². The molecule has 5 heteroatoms. The molecule has 0 unspecified atom stereocenters. The maximum absolute atomic E-state index is 10.8. The summed E-state index contributed by atoms with van der Waals surface area (Å²) >= 11 is 0. The van der Waals surface area contributed by atoms with Crippen LogP contribution in [0.15, 0.2) is 24.3 Å². The minimum atomic E-state index is -1.24. The van der Waals surface area contributed by atoms with Crippen molar-refractivity contribution >= 4 is 11.9 Å². The zero-order valence-corrected chi connectivity index (χ0v) is 10.5. The van der Waals surface area contributed by atoms with Gasteiger partial charge in [0.25, 0.3) is 0 Å². The number of carboxylic acid groups (broad SMARTS) is 1. The predicted molar refractivity (Wildman–Crippen MR) is 66.6 cm³/mol. The highest BCUT2D eigenvalue weighted by atomic mass is 16.5. The Balaban J connectivity index is 0.000000631. The lowest BCUT2D eigenvalue weighted by atomic mass is 10.3. The first-order chi connectivity index (χ1) is 8.49. The molecule has 2 N–H and O–H groups in total. The number of aromatic hydroxyl groups is 1. The molecular formula is C13H18O5. The van der Waals surface area contributed by atoms with E-state index in [0.717, 1.165) is 0 Å². The maximum Gasteiger partial charge on any atom is 0.322 e. The summed E-state index contributed by atoms with van der Waals surface area (Å²) in [5.41, 5.74) is 0. The van der Waals surface area contributed by atoms with E-state index in [-0.39, 0.29) is 11.5 Å². The van der Waals surface area contributed by atoms with E-state index in [1.807, 2.05) is 0 Å². The second-order valence-electron chi connectivity index (χ2n) is 3.54. The normalized spacial score (nSPS) is 9.00. The van der Waals surface area contributed by atoms with E-state index < -0.39 is 18.4 Å². The largest absolute Gasteiger partial charge is 0.508 e. The Morgan fingerprint density at radius 1 is 1.11 bits per heavy atom. The molecule has 0 aliphatic heterocycles. The van der Waals surface area contributed by atoms with E-state index in [1.165, 1.54) is 37.1 Å². The zero-order chi connectivity index (χ0) is 14.0. The standard InChI is InChI=1S/C9H8O5.C4H10/c10-6-1-3-7(4-2-6)14-9(13)5-8(11)12;1-3-4-2/h1-4,10H,5H2,(H,11,12);3-4H2,1-2H3. The quantitative estimate of drug-likeness (QED) is 0.490. The lowest BCUT2D eigenvalue weighted by molar-refractivity contribution is -0.145. The van der Waals surface area contributed by atoms with Gasteiger partial charge in [-0.1, -0.05) is 26.7 Å². The Labute approximate surface area is 106 Å². The molecule has 0 saturated carbocycles. The molecule has 0 fully saturated rings. The van der Waals surface area contributed by atoms with Gasteiger partial charge in [0.05, 0.1) is 0 Å². The third kappa shape index (κ3) is 8.15. The number of phenolic OH excluding ortho intramolecular Hbond substituents is 1. The highest BCUT2D eigenvalue weighted by Crippen LogP contribution is 2.16. The van der Waals surface area contributed by atoms with Crippen LogP contribution in [0, 0.1) is 0 Å². The molecule has 18 heavy (non-hydrogen) atoms. The number of hydrogen-bond donors (Lipinski definition) is 2. The summed E-state index contributed by atoms with van der Waals surface area (Å²) in [5.74, 6) is -1.84. The van der Waals surface area contributed by atoms with Crippen LogP contribution in [-0.2, 0) is 9.59 Å². The molecule has 0 heterocycles. The summed E-state index contributed by atoms with van der Waals surface area (Å²) in [6, 6.07) is 5.41.